The van der Waals surface area contributed by atoms with E-state index in [9.17, 15) is 24.6 Å². The van der Waals surface area contributed by atoms with Crippen molar-refractivity contribution >= 4 is 23.7 Å². The molecule has 10 nitrogen and oxygen atoms in total. The highest BCUT2D eigenvalue weighted by Crippen LogP contribution is 2.65. The lowest BCUT2D eigenvalue weighted by Crippen LogP contribution is -2.81. The Bertz CT molecular complexity index is 1430. The highest BCUT2D eigenvalue weighted by molar-refractivity contribution is 5.95. The summed E-state index contributed by atoms with van der Waals surface area (Å²) in [6.45, 7) is 9.84. The van der Waals surface area contributed by atoms with Crippen molar-refractivity contribution in [3.8, 4) is 0 Å². The number of ether oxygens (including phenoxy) is 4. The van der Waals surface area contributed by atoms with E-state index in [0.717, 1.165) is 0 Å². The number of aliphatic hydroxyl groups is 2. The molecule has 3 saturated carbocycles. The Hall–Kier alpha value is -3.08. The minimum atomic E-state index is -1.99. The summed E-state index contributed by atoms with van der Waals surface area (Å²) in [6, 6.07) is 8.33. The Morgan fingerprint density at radius 2 is 1.70 bits per heavy atom. The van der Waals surface area contributed by atoms with E-state index in [1.165, 1.54) is 6.92 Å². The van der Waals surface area contributed by atoms with E-state index in [0.29, 0.717) is 24.8 Å². The molecule has 4 aliphatic carbocycles. The van der Waals surface area contributed by atoms with E-state index < -0.39 is 82.0 Å². The number of esters is 3. The van der Waals surface area contributed by atoms with Gasteiger partial charge < -0.3 is 29.2 Å². The first-order valence-corrected chi connectivity index (χ1v) is 15.5. The average Bonchev–Trinajstić information content (AvgIpc) is 3.81. The molecule has 9 atom stereocenters. The quantitative estimate of drug-likeness (QED) is 0.289. The molecule has 4 fully saturated rings. The van der Waals surface area contributed by atoms with Crippen molar-refractivity contribution in [1.29, 1.82) is 0 Å². The molecule has 0 spiro atoms. The lowest BCUT2D eigenvalue weighted by molar-refractivity contribution is -0.341. The first-order valence-electron chi connectivity index (χ1n) is 15.5. The van der Waals surface area contributed by atoms with Crippen molar-refractivity contribution < 1.29 is 48.3 Å². The van der Waals surface area contributed by atoms with Gasteiger partial charge in [-0.15, -0.1) is 0 Å². The van der Waals surface area contributed by atoms with Crippen LogP contribution < -0.4 is 0 Å². The van der Waals surface area contributed by atoms with E-state index in [2.05, 4.69) is 0 Å². The summed E-state index contributed by atoms with van der Waals surface area (Å²) >= 11 is 0. The van der Waals surface area contributed by atoms with E-state index in [1.54, 1.807) is 58.0 Å². The highest BCUT2D eigenvalue weighted by atomic mass is 16.6. The third-order valence-electron chi connectivity index (χ3n) is 11.5. The fourth-order valence-corrected chi connectivity index (χ4v) is 8.52. The van der Waals surface area contributed by atoms with Crippen molar-refractivity contribution in [3.63, 3.8) is 0 Å². The van der Waals surface area contributed by atoms with Crippen molar-refractivity contribution in [3.05, 3.63) is 47.0 Å². The lowest BCUT2D eigenvalue weighted by Gasteiger charge is -2.68. The maximum atomic E-state index is 15.1. The molecule has 5 aliphatic rings. The molecular weight excluding hydrogens is 568 g/mol. The maximum absolute atomic E-state index is 15.1. The largest absolute Gasteiger partial charge is 0.455 e. The maximum Gasteiger partial charge on any atom is 0.338 e. The summed E-state index contributed by atoms with van der Waals surface area (Å²) in [5.41, 5.74) is -5.25. The van der Waals surface area contributed by atoms with Crippen LogP contribution in [0.2, 0.25) is 0 Å². The highest BCUT2D eigenvalue weighted by Gasteiger charge is 2.77. The molecular formula is C34H42O10. The smallest absolute Gasteiger partial charge is 0.338 e. The summed E-state index contributed by atoms with van der Waals surface area (Å²) in [5.74, 6) is -4.10. The number of ketones is 1. The zero-order valence-corrected chi connectivity index (χ0v) is 26.1. The third kappa shape index (κ3) is 4.24. The molecule has 0 radical (unpaired) electrons. The van der Waals surface area contributed by atoms with E-state index in [1.807, 2.05) is 6.92 Å². The molecule has 2 N–H and O–H groups in total. The summed E-state index contributed by atoms with van der Waals surface area (Å²) in [5, 5.41) is 24.5. The van der Waals surface area contributed by atoms with Gasteiger partial charge in [0.05, 0.1) is 30.1 Å². The summed E-state index contributed by atoms with van der Waals surface area (Å²) in [7, 11) is 0. The molecule has 6 rings (SSSR count). The van der Waals surface area contributed by atoms with Gasteiger partial charge in [-0.1, -0.05) is 45.9 Å². The van der Waals surface area contributed by atoms with Crippen molar-refractivity contribution in [2.75, 3.05) is 6.61 Å². The number of hydrogen-bond donors (Lipinski definition) is 2. The van der Waals surface area contributed by atoms with Crippen LogP contribution in [-0.4, -0.2) is 76.1 Å². The van der Waals surface area contributed by atoms with Gasteiger partial charge in [-0.2, -0.15) is 0 Å². The van der Waals surface area contributed by atoms with Crippen LogP contribution >= 0.6 is 0 Å². The average molecular weight is 611 g/mol. The predicted octanol–water partition coefficient (Wildman–Crippen LogP) is 3.32. The van der Waals surface area contributed by atoms with Crippen molar-refractivity contribution in [2.24, 2.45) is 28.6 Å². The fraction of sp³-hybridized carbons (Fsp3) is 0.647. The van der Waals surface area contributed by atoms with Crippen LogP contribution in [0, 0.1) is 28.6 Å². The van der Waals surface area contributed by atoms with Crippen LogP contribution in [0.4, 0.5) is 0 Å². The van der Waals surface area contributed by atoms with Crippen LogP contribution in [0.15, 0.2) is 41.5 Å². The normalized spacial score (nSPS) is 40.8. The second-order valence-corrected chi connectivity index (χ2v) is 14.3. The van der Waals surface area contributed by atoms with Crippen LogP contribution in [0.25, 0.3) is 0 Å². The molecule has 1 aromatic carbocycles. The summed E-state index contributed by atoms with van der Waals surface area (Å²) in [6.07, 6.45) is -3.23. The number of Topliss-reactive ketones (excluding diaryl/α,β-unsaturated/α-hetero) is 1. The first-order chi connectivity index (χ1) is 20.6. The Morgan fingerprint density at radius 1 is 1.05 bits per heavy atom. The standard InChI is InChI=1S/C34H42O10/c1-17-14-23-33(16-41-23,44-30(39)21-12-13-21)26-28(43-29(38)20-10-8-7-9-11-20)34(40)15-22(36)18(2)24(31(34,4)5)25(42-19(3)35)27(37)32(17,26)6/h7-11,17,21-23,25-26,28,36,40H,12-16H2,1-6H3/t17-,22-,23+,25+,26?,28-,32+,33-,34+/m0/s1. The van der Waals surface area contributed by atoms with Crippen LogP contribution in [-0.2, 0) is 33.3 Å². The Labute approximate surface area is 257 Å². The predicted molar refractivity (Wildman–Crippen MR) is 155 cm³/mol. The number of carbonyl (C=O) groups excluding carboxylic acids is 4. The number of hydrogen-bond acceptors (Lipinski definition) is 10. The zero-order chi connectivity index (χ0) is 32.0. The van der Waals surface area contributed by atoms with Crippen LogP contribution in [0.5, 0.6) is 0 Å². The molecule has 10 heteroatoms. The van der Waals surface area contributed by atoms with E-state index in [4.69, 9.17) is 18.9 Å². The van der Waals surface area contributed by atoms with Gasteiger partial charge in [0.1, 0.15) is 17.8 Å². The van der Waals surface area contributed by atoms with E-state index in [-0.39, 0.29) is 30.1 Å². The van der Waals surface area contributed by atoms with Crippen LogP contribution in [0.1, 0.15) is 77.6 Å². The molecule has 2 bridgehead atoms. The van der Waals surface area contributed by atoms with Gasteiger partial charge >= 0.3 is 17.9 Å². The molecule has 0 amide bonds. The van der Waals surface area contributed by atoms with Gasteiger partial charge in [0, 0.05) is 24.2 Å². The molecule has 0 aromatic heterocycles. The minimum Gasteiger partial charge on any atom is -0.455 e. The molecule has 1 aliphatic heterocycles. The minimum absolute atomic E-state index is 0.0607. The second-order valence-electron chi connectivity index (χ2n) is 14.3. The Balaban J connectivity index is 1.63. The SMILES string of the molecule is CC(=O)O[C@H]1C(=O)[C@@]2(C)C([C@H](OC(=O)c3ccccc3)[C@]3(O)C[C@H](O)C(C)=C1C3(C)C)[C@]1(OC(=O)C3CC3)CO[C@@H]1C[C@@H]2C. The van der Waals surface area contributed by atoms with Gasteiger partial charge in [-0.3, -0.25) is 14.4 Å². The number of carbonyl (C=O) groups is 4. The van der Waals surface area contributed by atoms with Crippen LogP contribution in [0.3, 0.4) is 0 Å². The number of rotatable bonds is 5. The summed E-state index contributed by atoms with van der Waals surface area (Å²) in [4.78, 5) is 54.9. The molecule has 238 valence electrons. The third-order valence-corrected chi connectivity index (χ3v) is 11.5. The summed E-state index contributed by atoms with van der Waals surface area (Å²) < 4.78 is 24.5. The fourth-order valence-electron chi connectivity index (χ4n) is 8.52. The van der Waals surface area contributed by atoms with Gasteiger partial charge in [-0.25, -0.2) is 4.79 Å². The first kappa shape index (κ1) is 30.9. The second kappa shape index (κ2) is 10.2. The van der Waals surface area contributed by atoms with Gasteiger partial charge in [0.2, 0.25) is 0 Å². The molecule has 44 heavy (non-hydrogen) atoms. The van der Waals surface area contributed by atoms with E-state index >= 15 is 4.79 Å². The molecule has 1 heterocycles. The number of benzene rings is 1. The molecule has 1 saturated heterocycles. The van der Waals surface area contributed by atoms with Gasteiger partial charge in [0.15, 0.2) is 17.5 Å². The van der Waals surface area contributed by atoms with Crippen molar-refractivity contribution in [2.45, 2.75) is 103 Å². The molecule has 1 unspecified atom stereocenters. The lowest BCUT2D eigenvalue weighted by atomic mass is 9.43. The number of aliphatic hydroxyl groups excluding tert-OH is 1. The Morgan fingerprint density at radius 3 is 2.27 bits per heavy atom. The zero-order valence-electron chi connectivity index (χ0n) is 26.1. The molecule has 1 aromatic rings. The monoisotopic (exact) mass is 610 g/mol. The van der Waals surface area contributed by atoms with Gasteiger partial charge in [0.25, 0.3) is 0 Å². The number of fused-ring (bicyclic) bond motifs is 5. The van der Waals surface area contributed by atoms with Crippen molar-refractivity contribution in [1.82, 2.24) is 0 Å². The topological polar surface area (TPSA) is 146 Å². The van der Waals surface area contributed by atoms with Gasteiger partial charge in [-0.05, 0) is 55.4 Å². The Kier molecular flexibility index (Phi) is 7.18.